The van der Waals surface area contributed by atoms with Gasteiger partial charge in [-0.2, -0.15) is 0 Å². The van der Waals surface area contributed by atoms with Crippen LogP contribution in [0.15, 0.2) is 66.7 Å². The molecule has 3 rings (SSSR count). The molecule has 0 aromatic heterocycles. The van der Waals surface area contributed by atoms with E-state index < -0.39 is 52.9 Å². The monoisotopic (exact) mass is 432 g/mol. The molecular formula is C23H16F4O4. The maximum Gasteiger partial charge on any atom is 0.347 e. The van der Waals surface area contributed by atoms with Gasteiger partial charge in [-0.05, 0) is 17.2 Å². The van der Waals surface area contributed by atoms with Crippen LogP contribution in [0, 0.1) is 23.3 Å². The molecule has 0 heterocycles. The zero-order chi connectivity index (χ0) is 22.6. The van der Waals surface area contributed by atoms with Crippen LogP contribution in [0.3, 0.4) is 0 Å². The van der Waals surface area contributed by atoms with Crippen molar-refractivity contribution in [2.75, 3.05) is 6.61 Å². The molecule has 0 saturated carbocycles. The van der Waals surface area contributed by atoms with Crippen molar-refractivity contribution in [1.82, 2.24) is 0 Å². The van der Waals surface area contributed by atoms with Crippen molar-refractivity contribution < 1.29 is 37.0 Å². The molecule has 0 bridgehead atoms. The van der Waals surface area contributed by atoms with Crippen molar-refractivity contribution >= 4 is 12.3 Å². The zero-order valence-electron chi connectivity index (χ0n) is 15.9. The van der Waals surface area contributed by atoms with Crippen molar-refractivity contribution in [3.8, 4) is 0 Å². The Balaban J connectivity index is 2.03. The predicted octanol–water partition coefficient (Wildman–Crippen LogP) is 4.00. The summed E-state index contributed by atoms with van der Waals surface area (Å²) in [5.41, 5.74) is -3.93. The first kappa shape index (κ1) is 22.2. The largest absolute Gasteiger partial charge is 0.462 e. The van der Waals surface area contributed by atoms with E-state index in [0.29, 0.717) is 11.8 Å². The van der Waals surface area contributed by atoms with Crippen LogP contribution in [0.25, 0.3) is 0 Å². The highest BCUT2D eigenvalue weighted by Crippen LogP contribution is 2.35. The lowest BCUT2D eigenvalue weighted by molar-refractivity contribution is -0.163. The minimum atomic E-state index is -3.01. The number of hydrogen-bond acceptors (Lipinski definition) is 4. The highest BCUT2D eigenvalue weighted by atomic mass is 19.2. The Morgan fingerprint density at radius 2 is 1.52 bits per heavy atom. The van der Waals surface area contributed by atoms with Crippen LogP contribution < -0.4 is 0 Å². The van der Waals surface area contributed by atoms with Gasteiger partial charge in [0.1, 0.15) is 12.9 Å². The second-order valence-corrected chi connectivity index (χ2v) is 6.68. The van der Waals surface area contributed by atoms with Gasteiger partial charge in [0.25, 0.3) is 0 Å². The van der Waals surface area contributed by atoms with Gasteiger partial charge < -0.3 is 14.6 Å². The van der Waals surface area contributed by atoms with E-state index >= 15 is 0 Å². The number of carbonyl (C=O) groups is 2. The van der Waals surface area contributed by atoms with Gasteiger partial charge >= 0.3 is 5.97 Å². The number of carbonyl (C=O) groups excluding carboxylic acids is 2. The first-order valence-corrected chi connectivity index (χ1v) is 9.09. The molecule has 2 atom stereocenters. The number of ether oxygens (including phenoxy) is 1. The highest BCUT2D eigenvalue weighted by Gasteiger charge is 2.46. The molecular weight excluding hydrogens is 416 g/mol. The minimum Gasteiger partial charge on any atom is -0.462 e. The molecule has 0 aliphatic carbocycles. The van der Waals surface area contributed by atoms with Crippen LogP contribution in [-0.4, -0.2) is 24.0 Å². The van der Waals surface area contributed by atoms with Gasteiger partial charge in [-0.3, -0.25) is 0 Å². The average molecular weight is 432 g/mol. The minimum absolute atomic E-state index is 0.191. The first-order valence-electron chi connectivity index (χ1n) is 9.09. The molecule has 0 saturated heterocycles. The zero-order valence-corrected chi connectivity index (χ0v) is 15.9. The second-order valence-electron chi connectivity index (χ2n) is 6.68. The summed E-state index contributed by atoms with van der Waals surface area (Å²) in [6.45, 7) is -0.532. The topological polar surface area (TPSA) is 63.6 Å². The molecule has 0 aliphatic heterocycles. The summed E-state index contributed by atoms with van der Waals surface area (Å²) in [6, 6.07) is 15.2. The van der Waals surface area contributed by atoms with Crippen molar-refractivity contribution in [3.05, 3.63) is 107 Å². The molecule has 0 radical (unpaired) electrons. The van der Waals surface area contributed by atoms with Gasteiger partial charge in [0.15, 0.2) is 23.3 Å². The van der Waals surface area contributed by atoms with E-state index in [1.807, 2.05) is 0 Å². The number of rotatable bonds is 7. The van der Waals surface area contributed by atoms with Crippen LogP contribution in [0.4, 0.5) is 17.6 Å². The molecule has 160 valence electrons. The lowest BCUT2D eigenvalue weighted by Crippen LogP contribution is -2.40. The smallest absolute Gasteiger partial charge is 0.347 e. The van der Waals surface area contributed by atoms with Crippen molar-refractivity contribution in [1.29, 1.82) is 0 Å². The molecule has 0 amide bonds. The molecule has 0 fully saturated rings. The third-order valence-corrected chi connectivity index (χ3v) is 4.77. The maximum atomic E-state index is 14.5. The van der Waals surface area contributed by atoms with Crippen molar-refractivity contribution in [2.24, 2.45) is 0 Å². The molecule has 1 N–H and O–H groups in total. The normalized spacial score (nSPS) is 13.8. The number of esters is 1. The first-order chi connectivity index (χ1) is 14.8. The number of hydrogen-bond donors (Lipinski definition) is 1. The van der Waals surface area contributed by atoms with Crippen LogP contribution in [0.2, 0.25) is 0 Å². The molecule has 2 unspecified atom stereocenters. The summed E-state index contributed by atoms with van der Waals surface area (Å²) in [6.07, 6.45) is 0.516. The third kappa shape index (κ3) is 4.20. The molecule has 3 aromatic rings. The summed E-state index contributed by atoms with van der Waals surface area (Å²) in [5.74, 6) is -10.4. The molecule has 0 spiro atoms. The van der Waals surface area contributed by atoms with E-state index in [4.69, 9.17) is 4.74 Å². The van der Waals surface area contributed by atoms with Crippen LogP contribution in [-0.2, 0) is 19.9 Å². The second kappa shape index (κ2) is 9.09. The Hall–Kier alpha value is -3.52. The summed E-state index contributed by atoms with van der Waals surface area (Å²) >= 11 is 0. The molecule has 3 aromatic carbocycles. The number of halogens is 4. The fourth-order valence-corrected chi connectivity index (χ4v) is 3.08. The highest BCUT2D eigenvalue weighted by molar-refractivity contribution is 5.85. The van der Waals surface area contributed by atoms with E-state index in [1.165, 1.54) is 30.3 Å². The van der Waals surface area contributed by atoms with Gasteiger partial charge in [-0.15, -0.1) is 0 Å². The van der Waals surface area contributed by atoms with Crippen molar-refractivity contribution in [3.63, 3.8) is 0 Å². The molecule has 8 heteroatoms. The fourth-order valence-electron chi connectivity index (χ4n) is 3.08. The number of aliphatic hydroxyl groups is 1. The fraction of sp³-hybridized carbons (Fsp3) is 0.130. The lowest BCUT2D eigenvalue weighted by Gasteiger charge is -2.28. The Bertz CT molecular complexity index is 1090. The van der Waals surface area contributed by atoms with Crippen molar-refractivity contribution in [2.45, 2.75) is 11.5 Å². The van der Waals surface area contributed by atoms with Gasteiger partial charge in [0, 0.05) is 5.56 Å². The van der Waals surface area contributed by atoms with Crippen LogP contribution >= 0.6 is 0 Å². The molecule has 0 aliphatic rings. The van der Waals surface area contributed by atoms with E-state index in [9.17, 15) is 32.3 Å². The summed E-state index contributed by atoms with van der Waals surface area (Å²) in [5, 5.41) is 11.1. The molecule has 31 heavy (non-hydrogen) atoms. The van der Waals surface area contributed by atoms with E-state index in [-0.39, 0.29) is 11.6 Å². The molecule has 4 nitrogen and oxygen atoms in total. The Morgan fingerprint density at radius 1 is 0.935 bits per heavy atom. The number of benzene rings is 3. The van der Waals surface area contributed by atoms with E-state index in [1.54, 1.807) is 30.3 Å². The quantitative estimate of drug-likeness (QED) is 0.202. The standard InChI is InChI=1S/C23H16F4O4/c24-18-11-17(19(25)21(27)20(18)26)23(30,16-9-5-2-6-10-16)22(29)31-13-15(12-28)14-7-3-1-4-8-14/h1-12,15,30H,13H2. The van der Waals surface area contributed by atoms with Crippen LogP contribution in [0.5, 0.6) is 0 Å². The Kier molecular flexibility index (Phi) is 6.50. The summed E-state index contributed by atoms with van der Waals surface area (Å²) < 4.78 is 60.7. The predicted molar refractivity (Wildman–Crippen MR) is 102 cm³/mol. The van der Waals surface area contributed by atoms with Gasteiger partial charge in [0.05, 0.1) is 5.92 Å². The van der Waals surface area contributed by atoms with Gasteiger partial charge in [-0.25, -0.2) is 22.4 Å². The number of aldehydes is 1. The Labute approximate surface area is 174 Å². The Morgan fingerprint density at radius 3 is 2.10 bits per heavy atom. The third-order valence-electron chi connectivity index (χ3n) is 4.77. The van der Waals surface area contributed by atoms with E-state index in [2.05, 4.69) is 0 Å². The van der Waals surface area contributed by atoms with E-state index in [0.717, 1.165) is 0 Å². The summed E-state index contributed by atoms with van der Waals surface area (Å²) in [7, 11) is 0. The van der Waals surface area contributed by atoms with Gasteiger partial charge in [0.2, 0.25) is 5.60 Å². The maximum absolute atomic E-state index is 14.5. The summed E-state index contributed by atoms with van der Waals surface area (Å²) in [4.78, 5) is 24.3. The SMILES string of the molecule is O=CC(COC(=O)C(O)(c1ccccc1)c1cc(F)c(F)c(F)c1F)c1ccccc1. The van der Waals surface area contributed by atoms with Crippen LogP contribution in [0.1, 0.15) is 22.6 Å². The lowest BCUT2D eigenvalue weighted by atomic mass is 9.85. The van der Waals surface area contributed by atoms with Gasteiger partial charge in [-0.1, -0.05) is 60.7 Å². The average Bonchev–Trinajstić information content (AvgIpc) is 2.81.